The topological polar surface area (TPSA) is 114 Å². The van der Waals surface area contributed by atoms with Gasteiger partial charge in [0, 0.05) is 30.1 Å². The highest BCUT2D eigenvalue weighted by molar-refractivity contribution is 7.92. The number of methoxy groups -OCH3 is 3. The van der Waals surface area contributed by atoms with Crippen molar-refractivity contribution in [2.75, 3.05) is 32.2 Å². The summed E-state index contributed by atoms with van der Waals surface area (Å²) in [5, 5.41) is 3.17. The molecule has 0 spiro atoms. The zero-order valence-corrected chi connectivity index (χ0v) is 29.1. The predicted octanol–water partition coefficient (Wildman–Crippen LogP) is 5.73. The van der Waals surface area contributed by atoms with Crippen LogP contribution in [0.15, 0.2) is 102 Å². The number of hydrogen-bond donors (Lipinski definition) is 1. The zero-order valence-electron chi connectivity index (χ0n) is 27.6. The van der Waals surface area contributed by atoms with Crippen LogP contribution in [0, 0.1) is 0 Å². The number of carbonyl (C=O) groups is 2. The van der Waals surface area contributed by atoms with Gasteiger partial charge in [-0.15, -0.1) is 0 Å². The van der Waals surface area contributed by atoms with Gasteiger partial charge in [0.05, 0.1) is 31.9 Å². The van der Waals surface area contributed by atoms with E-state index in [4.69, 9.17) is 25.8 Å². The Hall–Kier alpha value is -4.74. The fourth-order valence-corrected chi connectivity index (χ4v) is 6.79. The third kappa shape index (κ3) is 8.78. The summed E-state index contributed by atoms with van der Waals surface area (Å²) in [5.41, 5.74) is 1.63. The van der Waals surface area contributed by atoms with Crippen LogP contribution < -0.4 is 23.8 Å². The molecule has 4 rings (SSSR count). The van der Waals surface area contributed by atoms with Crippen LogP contribution in [0.4, 0.5) is 5.69 Å². The lowest BCUT2D eigenvalue weighted by atomic mass is 10.0. The zero-order chi connectivity index (χ0) is 34.8. The second-order valence-corrected chi connectivity index (χ2v) is 13.5. The van der Waals surface area contributed by atoms with Crippen molar-refractivity contribution in [3.63, 3.8) is 0 Å². The quantitative estimate of drug-likeness (QED) is 0.169. The van der Waals surface area contributed by atoms with Gasteiger partial charge in [0.25, 0.3) is 10.0 Å². The van der Waals surface area contributed by atoms with Crippen LogP contribution in [0.1, 0.15) is 25.0 Å². The third-order valence-corrected chi connectivity index (χ3v) is 9.52. The smallest absolute Gasteiger partial charge is 0.265 e. The highest BCUT2D eigenvalue weighted by Gasteiger charge is 2.36. The summed E-state index contributed by atoms with van der Waals surface area (Å²) in [4.78, 5) is 29.8. The van der Waals surface area contributed by atoms with Gasteiger partial charge < -0.3 is 24.4 Å². The fraction of sp³-hybridized carbons (Fsp3) is 0.278. The van der Waals surface area contributed by atoms with Gasteiger partial charge in [-0.2, -0.15) is 0 Å². The van der Waals surface area contributed by atoms with Crippen LogP contribution in [0.3, 0.4) is 0 Å². The predicted molar refractivity (Wildman–Crippen MR) is 186 cm³/mol. The average molecular weight is 694 g/mol. The molecule has 1 atom stereocenters. The van der Waals surface area contributed by atoms with Crippen molar-refractivity contribution in [2.45, 2.75) is 43.8 Å². The number of rotatable bonds is 15. The van der Waals surface area contributed by atoms with Gasteiger partial charge in [-0.05, 0) is 55.3 Å². The van der Waals surface area contributed by atoms with E-state index in [1.165, 1.54) is 56.6 Å². The highest BCUT2D eigenvalue weighted by Crippen LogP contribution is 2.37. The van der Waals surface area contributed by atoms with Crippen LogP contribution >= 0.6 is 11.6 Å². The SMILES string of the molecule is COc1ccc(S(=O)(=O)N(CC(=O)N(Cc2ccccc2)C(Cc2ccccc2)C(=O)NC(C)C)c2cc(Cl)ccc2OC)cc1OC. The second-order valence-electron chi connectivity index (χ2n) is 11.2. The molecule has 10 nitrogen and oxygen atoms in total. The lowest BCUT2D eigenvalue weighted by Gasteiger charge is -2.34. The summed E-state index contributed by atoms with van der Waals surface area (Å²) in [6, 6.07) is 26.0. The number of nitrogens with zero attached hydrogens (tertiary/aromatic N) is 2. The van der Waals surface area contributed by atoms with Gasteiger partial charge in [0.15, 0.2) is 11.5 Å². The normalized spacial score (nSPS) is 11.8. The Morgan fingerprint density at radius 2 is 1.35 bits per heavy atom. The molecule has 4 aromatic carbocycles. The van der Waals surface area contributed by atoms with E-state index in [0.29, 0.717) is 5.75 Å². The Morgan fingerprint density at radius 3 is 1.94 bits per heavy atom. The number of nitrogens with one attached hydrogen (secondary N) is 1. The fourth-order valence-electron chi connectivity index (χ4n) is 5.19. The summed E-state index contributed by atoms with van der Waals surface area (Å²) < 4.78 is 46.2. The molecular formula is C36H40ClN3O7S. The van der Waals surface area contributed by atoms with Gasteiger partial charge in [0.1, 0.15) is 18.3 Å². The number of carbonyl (C=O) groups excluding carboxylic acids is 2. The molecule has 0 aromatic heterocycles. The van der Waals surface area contributed by atoms with E-state index in [2.05, 4.69) is 5.32 Å². The molecule has 1 N–H and O–H groups in total. The molecule has 0 aliphatic heterocycles. The van der Waals surface area contributed by atoms with Crippen molar-refractivity contribution >= 4 is 39.1 Å². The van der Waals surface area contributed by atoms with Crippen LogP contribution in [-0.2, 0) is 32.6 Å². The Morgan fingerprint density at radius 1 is 0.771 bits per heavy atom. The van der Waals surface area contributed by atoms with Crippen LogP contribution in [0.25, 0.3) is 0 Å². The van der Waals surface area contributed by atoms with Crippen molar-refractivity contribution in [2.24, 2.45) is 0 Å². The van der Waals surface area contributed by atoms with Gasteiger partial charge in [-0.1, -0.05) is 72.3 Å². The number of benzene rings is 4. The molecule has 0 fully saturated rings. The number of sulfonamides is 1. The van der Waals surface area contributed by atoms with Crippen LogP contribution in [0.2, 0.25) is 5.02 Å². The van der Waals surface area contributed by atoms with Crippen LogP contribution in [0.5, 0.6) is 17.2 Å². The Labute approximate surface area is 287 Å². The van der Waals surface area contributed by atoms with E-state index in [1.54, 1.807) is 6.07 Å². The monoisotopic (exact) mass is 693 g/mol. The minimum absolute atomic E-state index is 0.0408. The molecule has 1 unspecified atom stereocenters. The van der Waals surface area contributed by atoms with Crippen molar-refractivity contribution in [1.82, 2.24) is 10.2 Å². The van der Waals surface area contributed by atoms with Gasteiger partial charge in [0.2, 0.25) is 11.8 Å². The van der Waals surface area contributed by atoms with E-state index in [0.717, 1.165) is 15.4 Å². The Balaban J connectivity index is 1.87. The minimum atomic E-state index is -4.48. The van der Waals surface area contributed by atoms with Crippen molar-refractivity contribution in [3.05, 3.63) is 113 Å². The average Bonchev–Trinajstić information content (AvgIpc) is 3.08. The molecule has 0 aliphatic carbocycles. The highest BCUT2D eigenvalue weighted by atomic mass is 35.5. The van der Waals surface area contributed by atoms with E-state index in [9.17, 15) is 18.0 Å². The molecule has 4 aromatic rings. The van der Waals surface area contributed by atoms with Gasteiger partial charge in [-0.3, -0.25) is 13.9 Å². The van der Waals surface area contributed by atoms with Crippen molar-refractivity contribution < 1.29 is 32.2 Å². The molecule has 0 heterocycles. The summed E-state index contributed by atoms with van der Waals surface area (Å²) in [5.74, 6) is -0.308. The molecule has 254 valence electrons. The maximum absolute atomic E-state index is 14.7. The number of ether oxygens (including phenoxy) is 3. The molecule has 0 aliphatic rings. The molecule has 0 saturated heterocycles. The number of anilines is 1. The molecule has 0 radical (unpaired) electrons. The second kappa shape index (κ2) is 16.4. The number of hydrogen-bond acceptors (Lipinski definition) is 7. The standard InChI is InChI=1S/C36H40ClN3O7S/c1-25(2)38-36(42)31(20-26-12-8-6-9-13-26)39(23-27-14-10-7-11-15-27)35(41)24-40(30-21-28(37)16-18-32(30)45-3)48(43,44)29-17-19-33(46-4)34(22-29)47-5/h6-19,21-22,25,31H,20,23-24H2,1-5H3,(H,38,42). The summed E-state index contributed by atoms with van der Waals surface area (Å²) >= 11 is 6.38. The molecule has 0 bridgehead atoms. The Bertz CT molecular complexity index is 1810. The maximum Gasteiger partial charge on any atom is 0.265 e. The first-order valence-electron chi connectivity index (χ1n) is 15.2. The summed E-state index contributed by atoms with van der Waals surface area (Å²) in [6.07, 6.45) is 0.195. The van der Waals surface area contributed by atoms with Crippen molar-refractivity contribution in [3.8, 4) is 17.2 Å². The van der Waals surface area contributed by atoms with E-state index >= 15 is 0 Å². The molecular weight excluding hydrogens is 654 g/mol. The van der Waals surface area contributed by atoms with Crippen LogP contribution in [-0.4, -0.2) is 65.1 Å². The lowest BCUT2D eigenvalue weighted by Crippen LogP contribution is -2.54. The molecule has 2 amide bonds. The Kier molecular flexibility index (Phi) is 12.3. The number of halogens is 1. The maximum atomic E-state index is 14.7. The first-order chi connectivity index (χ1) is 23.0. The molecule has 0 saturated carbocycles. The molecule has 48 heavy (non-hydrogen) atoms. The summed E-state index contributed by atoms with van der Waals surface area (Å²) in [6.45, 7) is 3.04. The van der Waals surface area contributed by atoms with E-state index in [-0.39, 0.29) is 52.0 Å². The van der Waals surface area contributed by atoms with Gasteiger partial charge >= 0.3 is 0 Å². The van der Waals surface area contributed by atoms with Crippen molar-refractivity contribution in [1.29, 1.82) is 0 Å². The number of amides is 2. The van der Waals surface area contributed by atoms with Gasteiger partial charge in [-0.25, -0.2) is 8.42 Å². The largest absolute Gasteiger partial charge is 0.495 e. The molecule has 12 heteroatoms. The van der Waals surface area contributed by atoms with E-state index in [1.807, 2.05) is 74.5 Å². The first-order valence-corrected chi connectivity index (χ1v) is 17.1. The van der Waals surface area contributed by atoms with E-state index < -0.39 is 28.5 Å². The third-order valence-electron chi connectivity index (χ3n) is 7.53. The lowest BCUT2D eigenvalue weighted by molar-refractivity contribution is -0.140. The summed E-state index contributed by atoms with van der Waals surface area (Å²) in [7, 11) is -0.247. The first kappa shape index (κ1) is 36.1. The minimum Gasteiger partial charge on any atom is -0.495 e.